The molecular formula is C15H25N3. The molecule has 2 rings (SSSR count). The maximum atomic E-state index is 3.59. The highest BCUT2D eigenvalue weighted by atomic mass is 15.3. The molecule has 0 bridgehead atoms. The molecular weight excluding hydrogens is 222 g/mol. The Labute approximate surface area is 111 Å². The number of hydrogen-bond donors (Lipinski definition) is 1. The number of hydrogen-bond acceptors (Lipinski definition) is 3. The summed E-state index contributed by atoms with van der Waals surface area (Å²) in [5.74, 6) is 0. The van der Waals surface area contributed by atoms with Crippen molar-refractivity contribution in [2.75, 3.05) is 40.3 Å². The lowest BCUT2D eigenvalue weighted by Crippen LogP contribution is -2.53. The van der Waals surface area contributed by atoms with Gasteiger partial charge in [-0.25, -0.2) is 0 Å². The molecule has 0 radical (unpaired) electrons. The summed E-state index contributed by atoms with van der Waals surface area (Å²) in [4.78, 5) is 4.88. The van der Waals surface area contributed by atoms with Gasteiger partial charge in [-0.2, -0.15) is 0 Å². The number of rotatable bonds is 4. The van der Waals surface area contributed by atoms with Crippen LogP contribution in [-0.2, 0) is 6.54 Å². The van der Waals surface area contributed by atoms with E-state index in [0.717, 1.165) is 19.6 Å². The van der Waals surface area contributed by atoms with Gasteiger partial charge in [0.15, 0.2) is 0 Å². The van der Waals surface area contributed by atoms with E-state index in [-0.39, 0.29) is 0 Å². The summed E-state index contributed by atoms with van der Waals surface area (Å²) in [6, 6.07) is 9.23. The summed E-state index contributed by atoms with van der Waals surface area (Å²) in [7, 11) is 4.44. The van der Waals surface area contributed by atoms with Gasteiger partial charge in [-0.3, -0.25) is 4.90 Å². The van der Waals surface area contributed by atoms with Crippen molar-refractivity contribution in [2.24, 2.45) is 0 Å². The van der Waals surface area contributed by atoms with E-state index in [2.05, 4.69) is 60.4 Å². The second kappa shape index (κ2) is 6.32. The summed E-state index contributed by atoms with van der Waals surface area (Å²) in [6.07, 6.45) is 0. The largest absolute Gasteiger partial charge is 0.311 e. The molecule has 0 spiro atoms. The van der Waals surface area contributed by atoms with Crippen LogP contribution in [0, 0.1) is 6.92 Å². The zero-order valence-corrected chi connectivity index (χ0v) is 11.8. The summed E-state index contributed by atoms with van der Waals surface area (Å²) < 4.78 is 0. The predicted molar refractivity (Wildman–Crippen MR) is 76.8 cm³/mol. The van der Waals surface area contributed by atoms with Gasteiger partial charge in [0.2, 0.25) is 0 Å². The number of piperazine rings is 1. The van der Waals surface area contributed by atoms with E-state index >= 15 is 0 Å². The molecule has 1 aromatic carbocycles. The first-order valence-corrected chi connectivity index (χ1v) is 6.81. The van der Waals surface area contributed by atoms with Crippen LogP contribution in [0.3, 0.4) is 0 Å². The van der Waals surface area contributed by atoms with Crippen molar-refractivity contribution in [3.8, 4) is 0 Å². The van der Waals surface area contributed by atoms with Crippen molar-refractivity contribution in [1.82, 2.24) is 15.1 Å². The Hall–Kier alpha value is -0.900. The Bertz CT molecular complexity index is 378. The van der Waals surface area contributed by atoms with E-state index in [1.807, 2.05) is 0 Å². The zero-order valence-electron chi connectivity index (χ0n) is 11.8. The summed E-state index contributed by atoms with van der Waals surface area (Å²) in [5, 5.41) is 3.59. The van der Waals surface area contributed by atoms with Gasteiger partial charge in [0.05, 0.1) is 0 Å². The number of likely N-dealkylation sites (N-methyl/N-ethyl adjacent to an activating group) is 2. The van der Waals surface area contributed by atoms with Crippen LogP contribution in [0.15, 0.2) is 24.3 Å². The number of nitrogens with zero attached hydrogens (tertiary/aromatic N) is 2. The van der Waals surface area contributed by atoms with Crippen molar-refractivity contribution in [3.63, 3.8) is 0 Å². The number of benzene rings is 1. The van der Waals surface area contributed by atoms with E-state index < -0.39 is 0 Å². The molecule has 1 aromatic rings. The first kappa shape index (κ1) is 13.5. The molecule has 1 aliphatic heterocycles. The zero-order chi connectivity index (χ0) is 13.0. The maximum Gasteiger partial charge on any atom is 0.0345 e. The molecule has 1 N–H and O–H groups in total. The smallest absolute Gasteiger partial charge is 0.0345 e. The molecule has 18 heavy (non-hydrogen) atoms. The van der Waals surface area contributed by atoms with Gasteiger partial charge < -0.3 is 10.2 Å². The van der Waals surface area contributed by atoms with Gasteiger partial charge in [0.1, 0.15) is 0 Å². The van der Waals surface area contributed by atoms with Crippen molar-refractivity contribution in [1.29, 1.82) is 0 Å². The Morgan fingerprint density at radius 1 is 1.22 bits per heavy atom. The van der Waals surface area contributed by atoms with Gasteiger partial charge in [-0.15, -0.1) is 0 Å². The number of nitrogens with one attached hydrogen (secondary N) is 1. The van der Waals surface area contributed by atoms with Crippen LogP contribution >= 0.6 is 0 Å². The summed E-state index contributed by atoms with van der Waals surface area (Å²) in [5.41, 5.74) is 2.78. The Kier molecular flexibility index (Phi) is 4.75. The van der Waals surface area contributed by atoms with Gasteiger partial charge in [-0.1, -0.05) is 24.3 Å². The van der Waals surface area contributed by atoms with Crippen LogP contribution in [0.2, 0.25) is 0 Å². The van der Waals surface area contributed by atoms with E-state index in [0.29, 0.717) is 6.04 Å². The monoisotopic (exact) mass is 247 g/mol. The molecule has 0 amide bonds. The van der Waals surface area contributed by atoms with E-state index in [4.69, 9.17) is 0 Å². The first-order valence-electron chi connectivity index (χ1n) is 6.81. The molecule has 1 heterocycles. The summed E-state index contributed by atoms with van der Waals surface area (Å²) >= 11 is 0. The topological polar surface area (TPSA) is 18.5 Å². The third-order valence-corrected chi connectivity index (χ3v) is 3.94. The molecule has 0 aliphatic carbocycles. The third-order valence-electron chi connectivity index (χ3n) is 3.94. The minimum atomic E-state index is 0.632. The molecule has 1 saturated heterocycles. The second-order valence-electron chi connectivity index (χ2n) is 5.45. The molecule has 100 valence electrons. The third kappa shape index (κ3) is 3.55. The van der Waals surface area contributed by atoms with Gasteiger partial charge >= 0.3 is 0 Å². The molecule has 3 heteroatoms. The van der Waals surface area contributed by atoms with Crippen LogP contribution in [0.5, 0.6) is 0 Å². The Morgan fingerprint density at radius 3 is 2.78 bits per heavy atom. The minimum Gasteiger partial charge on any atom is -0.311 e. The first-order chi connectivity index (χ1) is 8.66. The fraction of sp³-hybridized carbons (Fsp3) is 0.600. The van der Waals surface area contributed by atoms with Crippen molar-refractivity contribution < 1.29 is 0 Å². The van der Waals surface area contributed by atoms with E-state index in [1.54, 1.807) is 0 Å². The molecule has 3 nitrogen and oxygen atoms in total. The van der Waals surface area contributed by atoms with Gasteiger partial charge in [0.25, 0.3) is 0 Å². The maximum absolute atomic E-state index is 3.59. The lowest BCUT2D eigenvalue weighted by Gasteiger charge is -2.37. The Balaban J connectivity index is 1.79. The fourth-order valence-corrected chi connectivity index (χ4v) is 2.50. The van der Waals surface area contributed by atoms with Gasteiger partial charge in [-0.05, 0) is 32.1 Å². The SMILES string of the molecule is Cc1ccccc1CNCC1CN(C)CCN1C. The van der Waals surface area contributed by atoms with Gasteiger partial charge in [0, 0.05) is 38.8 Å². The highest BCUT2D eigenvalue weighted by Gasteiger charge is 2.21. The lowest BCUT2D eigenvalue weighted by molar-refractivity contribution is 0.113. The normalized spacial score (nSPS) is 22.3. The predicted octanol–water partition coefficient (Wildman–Crippen LogP) is 1.33. The van der Waals surface area contributed by atoms with Crippen molar-refractivity contribution >= 4 is 0 Å². The van der Waals surface area contributed by atoms with Crippen LogP contribution in [0.25, 0.3) is 0 Å². The average Bonchev–Trinajstić information content (AvgIpc) is 2.36. The molecule has 0 saturated carbocycles. The molecule has 1 unspecified atom stereocenters. The van der Waals surface area contributed by atoms with Crippen molar-refractivity contribution in [2.45, 2.75) is 19.5 Å². The Morgan fingerprint density at radius 2 is 2.00 bits per heavy atom. The number of aryl methyl sites for hydroxylation is 1. The fourth-order valence-electron chi connectivity index (χ4n) is 2.50. The van der Waals surface area contributed by atoms with E-state index in [9.17, 15) is 0 Å². The van der Waals surface area contributed by atoms with Crippen LogP contribution in [-0.4, -0.2) is 56.1 Å². The molecule has 1 atom stereocenters. The van der Waals surface area contributed by atoms with Crippen LogP contribution in [0.1, 0.15) is 11.1 Å². The highest BCUT2D eigenvalue weighted by molar-refractivity contribution is 5.25. The van der Waals surface area contributed by atoms with Crippen LogP contribution in [0.4, 0.5) is 0 Å². The van der Waals surface area contributed by atoms with Crippen LogP contribution < -0.4 is 5.32 Å². The molecule has 1 aliphatic rings. The molecule has 1 fully saturated rings. The second-order valence-corrected chi connectivity index (χ2v) is 5.45. The standard InChI is InChI=1S/C15H25N3/c1-13-6-4-5-7-14(13)10-16-11-15-12-17(2)8-9-18(15)3/h4-7,15-16H,8-12H2,1-3H3. The highest BCUT2D eigenvalue weighted by Crippen LogP contribution is 2.08. The lowest BCUT2D eigenvalue weighted by atomic mass is 10.1. The quantitative estimate of drug-likeness (QED) is 0.866. The molecule has 0 aromatic heterocycles. The average molecular weight is 247 g/mol. The minimum absolute atomic E-state index is 0.632. The summed E-state index contributed by atoms with van der Waals surface area (Å²) in [6.45, 7) is 7.74. The van der Waals surface area contributed by atoms with Crippen molar-refractivity contribution in [3.05, 3.63) is 35.4 Å². The van der Waals surface area contributed by atoms with E-state index in [1.165, 1.54) is 24.2 Å².